The van der Waals surface area contributed by atoms with Crippen molar-refractivity contribution in [2.45, 2.75) is 0 Å². The van der Waals surface area contributed by atoms with Crippen LogP contribution in [0.3, 0.4) is 0 Å². The van der Waals surface area contributed by atoms with Gasteiger partial charge in [0.1, 0.15) is 5.69 Å². The van der Waals surface area contributed by atoms with Gasteiger partial charge < -0.3 is 0 Å². The first kappa shape index (κ1) is 9.80. The van der Waals surface area contributed by atoms with Crippen LogP contribution in [0.5, 0.6) is 0 Å². The maximum Gasteiger partial charge on any atom is 0.103 e. The normalized spacial score (nSPS) is 10.1. The minimum Gasteiger partial charge on any atom is -0.255 e. The molecule has 2 nitrogen and oxygen atoms in total. The fourth-order valence-electron chi connectivity index (χ4n) is 1.11. The molecule has 2 aromatic heterocycles. The van der Waals surface area contributed by atoms with Crippen LogP contribution in [-0.2, 0) is 0 Å². The van der Waals surface area contributed by atoms with Crippen LogP contribution >= 0.6 is 31.9 Å². The number of nitrogens with zero attached hydrogens (tertiary/aromatic N) is 2. The van der Waals surface area contributed by atoms with E-state index in [1.807, 2.05) is 24.3 Å². The summed E-state index contributed by atoms with van der Waals surface area (Å²) in [6.45, 7) is 0. The Balaban J connectivity index is 2.53. The molecule has 2 aromatic rings. The van der Waals surface area contributed by atoms with Gasteiger partial charge in [-0.15, -0.1) is 0 Å². The first-order valence-corrected chi connectivity index (χ1v) is 5.58. The average molecular weight is 314 g/mol. The van der Waals surface area contributed by atoms with Gasteiger partial charge in [0.05, 0.1) is 5.69 Å². The van der Waals surface area contributed by atoms with Crippen LogP contribution in [0.15, 0.2) is 45.6 Å². The third-order valence-electron chi connectivity index (χ3n) is 1.72. The molecule has 0 radical (unpaired) electrons. The van der Waals surface area contributed by atoms with Gasteiger partial charge in [0.15, 0.2) is 0 Å². The summed E-state index contributed by atoms with van der Waals surface area (Å²) >= 11 is 6.81. The van der Waals surface area contributed by atoms with Crippen molar-refractivity contribution in [2.75, 3.05) is 0 Å². The quantitative estimate of drug-likeness (QED) is 0.803. The van der Waals surface area contributed by atoms with Gasteiger partial charge in [-0.1, -0.05) is 6.07 Å². The predicted molar refractivity (Wildman–Crippen MR) is 62.9 cm³/mol. The van der Waals surface area contributed by atoms with Crippen molar-refractivity contribution in [1.29, 1.82) is 0 Å². The molecule has 0 aromatic carbocycles. The molecule has 0 bridgehead atoms. The second kappa shape index (κ2) is 4.19. The Labute approximate surface area is 98.7 Å². The van der Waals surface area contributed by atoms with Crippen molar-refractivity contribution in [3.8, 4) is 11.4 Å². The number of hydrogen-bond acceptors (Lipinski definition) is 2. The highest BCUT2D eigenvalue weighted by Gasteiger charge is 2.05. The number of pyridine rings is 2. The molecule has 0 unspecified atom stereocenters. The van der Waals surface area contributed by atoms with Gasteiger partial charge in [-0.05, 0) is 50.1 Å². The molecule has 2 rings (SSSR count). The molecule has 0 N–H and O–H groups in total. The molecule has 0 amide bonds. The summed E-state index contributed by atoms with van der Waals surface area (Å²) < 4.78 is 1.88. The molecule has 0 aliphatic carbocycles. The summed E-state index contributed by atoms with van der Waals surface area (Å²) in [5.74, 6) is 0. The Kier molecular flexibility index (Phi) is 2.93. The number of aromatic nitrogens is 2. The third-order valence-corrected chi connectivity index (χ3v) is 2.75. The van der Waals surface area contributed by atoms with E-state index in [0.29, 0.717) is 0 Å². The monoisotopic (exact) mass is 312 g/mol. The zero-order valence-corrected chi connectivity index (χ0v) is 10.3. The molecule has 4 heteroatoms. The summed E-state index contributed by atoms with van der Waals surface area (Å²) in [5.41, 5.74) is 1.72. The predicted octanol–water partition coefficient (Wildman–Crippen LogP) is 3.67. The average Bonchev–Trinajstić information content (AvgIpc) is 2.19. The second-order valence-electron chi connectivity index (χ2n) is 2.70. The van der Waals surface area contributed by atoms with E-state index in [2.05, 4.69) is 41.8 Å². The summed E-state index contributed by atoms with van der Waals surface area (Å²) in [6.07, 6.45) is 3.51. The lowest BCUT2D eigenvalue weighted by atomic mass is 10.2. The van der Waals surface area contributed by atoms with Crippen LogP contribution in [0.2, 0.25) is 0 Å². The minimum absolute atomic E-state index is 0.855. The lowest BCUT2D eigenvalue weighted by Gasteiger charge is -2.02. The zero-order valence-electron chi connectivity index (χ0n) is 7.11. The molecule has 14 heavy (non-hydrogen) atoms. The van der Waals surface area contributed by atoms with Crippen LogP contribution in [0.4, 0.5) is 0 Å². The maximum absolute atomic E-state index is 4.29. The van der Waals surface area contributed by atoms with Crippen molar-refractivity contribution in [3.63, 3.8) is 0 Å². The molecule has 2 heterocycles. The zero-order chi connectivity index (χ0) is 9.97. The highest BCUT2D eigenvalue weighted by molar-refractivity contribution is 9.11. The molecule has 0 aliphatic heterocycles. The van der Waals surface area contributed by atoms with Crippen molar-refractivity contribution in [1.82, 2.24) is 9.97 Å². The second-order valence-corrected chi connectivity index (χ2v) is 4.47. The van der Waals surface area contributed by atoms with E-state index in [4.69, 9.17) is 0 Å². The van der Waals surface area contributed by atoms with Gasteiger partial charge in [-0.25, -0.2) is 0 Å². The summed E-state index contributed by atoms with van der Waals surface area (Å²) in [4.78, 5) is 8.52. The summed E-state index contributed by atoms with van der Waals surface area (Å²) in [5, 5.41) is 0. The number of hydrogen-bond donors (Lipinski definition) is 0. The minimum atomic E-state index is 0.855. The molecule has 0 aliphatic rings. The van der Waals surface area contributed by atoms with Gasteiger partial charge >= 0.3 is 0 Å². The molecule has 70 valence electrons. The van der Waals surface area contributed by atoms with E-state index >= 15 is 0 Å². The van der Waals surface area contributed by atoms with Crippen LogP contribution in [0.1, 0.15) is 0 Å². The highest BCUT2D eigenvalue weighted by Crippen LogP contribution is 2.26. The van der Waals surface area contributed by atoms with Crippen molar-refractivity contribution >= 4 is 31.9 Å². The number of halogens is 2. The Morgan fingerprint density at radius 1 is 1.07 bits per heavy atom. The van der Waals surface area contributed by atoms with Crippen LogP contribution in [0.25, 0.3) is 11.4 Å². The maximum atomic E-state index is 4.29. The van der Waals surface area contributed by atoms with Gasteiger partial charge in [0.25, 0.3) is 0 Å². The highest BCUT2D eigenvalue weighted by atomic mass is 79.9. The van der Waals surface area contributed by atoms with Crippen molar-refractivity contribution < 1.29 is 0 Å². The number of rotatable bonds is 1. The smallest absolute Gasteiger partial charge is 0.103 e. The van der Waals surface area contributed by atoms with E-state index < -0.39 is 0 Å². The van der Waals surface area contributed by atoms with E-state index in [1.54, 1.807) is 12.4 Å². The van der Waals surface area contributed by atoms with Crippen LogP contribution in [-0.4, -0.2) is 9.97 Å². The van der Waals surface area contributed by atoms with E-state index in [9.17, 15) is 0 Å². The largest absolute Gasteiger partial charge is 0.255 e. The van der Waals surface area contributed by atoms with Gasteiger partial charge in [-0.3, -0.25) is 9.97 Å². The topological polar surface area (TPSA) is 25.8 Å². The lowest BCUT2D eigenvalue weighted by Crippen LogP contribution is -1.87. The fourth-order valence-corrected chi connectivity index (χ4v) is 2.30. The Bertz CT molecular complexity index is 443. The lowest BCUT2D eigenvalue weighted by molar-refractivity contribution is 1.23. The fraction of sp³-hybridized carbons (Fsp3) is 0. The SMILES string of the molecule is Brc1cnc(-c2ccccn2)c(Br)c1. The molecule has 0 fully saturated rings. The Hall–Kier alpha value is -0.740. The first-order chi connectivity index (χ1) is 6.77. The molecule has 0 atom stereocenters. The van der Waals surface area contributed by atoms with Crippen LogP contribution < -0.4 is 0 Å². The molecule has 0 spiro atoms. The molecule has 0 saturated heterocycles. The van der Waals surface area contributed by atoms with E-state index in [0.717, 1.165) is 20.3 Å². The van der Waals surface area contributed by atoms with Crippen molar-refractivity contribution in [3.05, 3.63) is 45.6 Å². The standard InChI is InChI=1S/C10H6Br2N2/c11-7-5-8(12)10(14-6-7)9-3-1-2-4-13-9/h1-6H. The van der Waals surface area contributed by atoms with E-state index in [-0.39, 0.29) is 0 Å². The van der Waals surface area contributed by atoms with Gasteiger partial charge in [0.2, 0.25) is 0 Å². The van der Waals surface area contributed by atoms with Gasteiger partial charge in [0, 0.05) is 21.3 Å². The molecular weight excluding hydrogens is 308 g/mol. The van der Waals surface area contributed by atoms with Crippen molar-refractivity contribution in [2.24, 2.45) is 0 Å². The molecule has 0 saturated carbocycles. The van der Waals surface area contributed by atoms with Crippen LogP contribution in [0, 0.1) is 0 Å². The third kappa shape index (κ3) is 2.01. The molecular formula is C10H6Br2N2. The Morgan fingerprint density at radius 3 is 2.57 bits per heavy atom. The summed E-state index contributed by atoms with van der Waals surface area (Å²) in [7, 11) is 0. The van der Waals surface area contributed by atoms with E-state index in [1.165, 1.54) is 0 Å². The first-order valence-electron chi connectivity index (χ1n) is 4.00. The summed E-state index contributed by atoms with van der Waals surface area (Å²) in [6, 6.07) is 7.72. The van der Waals surface area contributed by atoms with Gasteiger partial charge in [-0.2, -0.15) is 0 Å². The Morgan fingerprint density at radius 2 is 1.93 bits per heavy atom.